The highest BCUT2D eigenvalue weighted by atomic mass is 35.5. The summed E-state index contributed by atoms with van der Waals surface area (Å²) in [5.41, 5.74) is 0. The number of anilines is 1. The molecule has 0 aromatic carbocycles. The Balaban J connectivity index is 1.81. The van der Waals surface area contributed by atoms with Crippen LogP contribution >= 0.6 is 22.9 Å². The lowest BCUT2D eigenvalue weighted by atomic mass is 10.3. The second-order valence-electron chi connectivity index (χ2n) is 5.33. The first-order valence-electron chi connectivity index (χ1n) is 6.93. The molecule has 0 amide bonds. The summed E-state index contributed by atoms with van der Waals surface area (Å²) in [4.78, 5) is 13.3. The van der Waals surface area contributed by atoms with Crippen LogP contribution in [0.2, 0.25) is 5.28 Å². The summed E-state index contributed by atoms with van der Waals surface area (Å²) in [5, 5.41) is 1.39. The van der Waals surface area contributed by atoms with Gasteiger partial charge in [0.15, 0.2) is 0 Å². The fourth-order valence-corrected chi connectivity index (χ4v) is 3.64. The molecule has 0 radical (unpaired) electrons. The number of thiophene rings is 1. The Morgan fingerprint density at radius 2 is 2.29 bits per heavy atom. The van der Waals surface area contributed by atoms with E-state index in [1.807, 2.05) is 12.1 Å². The Hall–Kier alpha value is -1.59. The van der Waals surface area contributed by atoms with E-state index < -0.39 is 0 Å². The molecule has 0 N–H and O–H groups in total. The van der Waals surface area contributed by atoms with Gasteiger partial charge in [0.25, 0.3) is 0 Å². The third-order valence-electron chi connectivity index (χ3n) is 3.63. The molecule has 108 valence electrons. The molecule has 3 aromatic heterocycles. The standard InChI is InChI=1S/C15H14ClN3OS/c1-9-7-12-13(17-15(16)18-14(12)21-9)19(10-4-5-10)8-11-3-2-6-20-11/h2-3,6-7,10H,4-5,8H2,1H3. The highest BCUT2D eigenvalue weighted by Gasteiger charge is 2.32. The molecule has 21 heavy (non-hydrogen) atoms. The van der Waals surface area contributed by atoms with E-state index in [2.05, 4.69) is 27.9 Å². The molecule has 6 heteroatoms. The van der Waals surface area contributed by atoms with Crippen LogP contribution in [0.15, 0.2) is 28.9 Å². The highest BCUT2D eigenvalue weighted by Crippen LogP contribution is 2.38. The lowest BCUT2D eigenvalue weighted by Gasteiger charge is -2.23. The zero-order valence-corrected chi connectivity index (χ0v) is 13.1. The quantitative estimate of drug-likeness (QED) is 0.668. The van der Waals surface area contributed by atoms with Crippen LogP contribution in [0.1, 0.15) is 23.5 Å². The second-order valence-corrected chi connectivity index (χ2v) is 6.90. The number of halogens is 1. The Bertz CT molecular complexity index is 780. The van der Waals surface area contributed by atoms with Crippen LogP contribution in [0, 0.1) is 6.92 Å². The number of rotatable bonds is 4. The zero-order valence-electron chi connectivity index (χ0n) is 11.5. The molecular formula is C15H14ClN3OS. The molecule has 1 saturated carbocycles. The first-order valence-corrected chi connectivity index (χ1v) is 8.13. The van der Waals surface area contributed by atoms with Crippen molar-refractivity contribution in [1.82, 2.24) is 9.97 Å². The number of hydrogen-bond donors (Lipinski definition) is 0. The average Bonchev–Trinajstić information content (AvgIpc) is 3.01. The predicted octanol–water partition coefficient (Wildman–Crippen LogP) is 4.42. The van der Waals surface area contributed by atoms with Gasteiger partial charge >= 0.3 is 0 Å². The molecule has 4 nitrogen and oxygen atoms in total. The minimum Gasteiger partial charge on any atom is -0.467 e. The summed E-state index contributed by atoms with van der Waals surface area (Å²) in [7, 11) is 0. The van der Waals surface area contributed by atoms with E-state index >= 15 is 0 Å². The molecule has 0 unspecified atom stereocenters. The maximum atomic E-state index is 6.12. The minimum absolute atomic E-state index is 0.310. The van der Waals surface area contributed by atoms with Crippen molar-refractivity contribution in [2.45, 2.75) is 32.4 Å². The van der Waals surface area contributed by atoms with Gasteiger partial charge in [0.2, 0.25) is 5.28 Å². The number of fused-ring (bicyclic) bond motifs is 1. The van der Waals surface area contributed by atoms with Gasteiger partial charge in [-0.2, -0.15) is 4.98 Å². The molecule has 0 atom stereocenters. The summed E-state index contributed by atoms with van der Waals surface area (Å²) in [6.45, 7) is 2.80. The summed E-state index contributed by atoms with van der Waals surface area (Å²) >= 11 is 7.77. The highest BCUT2D eigenvalue weighted by molar-refractivity contribution is 7.18. The van der Waals surface area contributed by atoms with E-state index in [9.17, 15) is 0 Å². The van der Waals surface area contributed by atoms with Crippen LogP contribution < -0.4 is 4.90 Å². The molecule has 4 rings (SSSR count). The molecule has 1 fully saturated rings. The van der Waals surface area contributed by atoms with E-state index in [0.29, 0.717) is 11.3 Å². The molecule has 3 heterocycles. The Labute approximate surface area is 131 Å². The van der Waals surface area contributed by atoms with Crippen LogP contribution in [0.4, 0.5) is 5.82 Å². The third-order valence-corrected chi connectivity index (χ3v) is 4.75. The van der Waals surface area contributed by atoms with Crippen LogP contribution in [-0.2, 0) is 6.54 Å². The first kappa shape index (κ1) is 13.1. The van der Waals surface area contributed by atoms with Crippen molar-refractivity contribution in [3.63, 3.8) is 0 Å². The topological polar surface area (TPSA) is 42.2 Å². The van der Waals surface area contributed by atoms with Crippen molar-refractivity contribution < 1.29 is 4.42 Å². The normalized spacial score (nSPS) is 14.8. The van der Waals surface area contributed by atoms with E-state index in [1.165, 1.54) is 17.7 Å². The summed E-state index contributed by atoms with van der Waals surface area (Å²) in [6, 6.07) is 6.57. The van der Waals surface area contributed by atoms with Gasteiger partial charge in [0.1, 0.15) is 16.4 Å². The monoisotopic (exact) mass is 319 g/mol. The van der Waals surface area contributed by atoms with E-state index in [0.717, 1.165) is 28.3 Å². The van der Waals surface area contributed by atoms with Gasteiger partial charge in [-0.15, -0.1) is 11.3 Å². The average molecular weight is 320 g/mol. The largest absolute Gasteiger partial charge is 0.467 e. The van der Waals surface area contributed by atoms with Gasteiger partial charge in [-0.1, -0.05) is 0 Å². The van der Waals surface area contributed by atoms with Crippen LogP contribution in [-0.4, -0.2) is 16.0 Å². The number of nitrogens with zero attached hydrogens (tertiary/aromatic N) is 3. The lowest BCUT2D eigenvalue weighted by Crippen LogP contribution is -2.26. The Morgan fingerprint density at radius 1 is 1.43 bits per heavy atom. The van der Waals surface area contributed by atoms with Crippen LogP contribution in [0.25, 0.3) is 10.2 Å². The van der Waals surface area contributed by atoms with Gasteiger partial charge < -0.3 is 9.32 Å². The summed E-state index contributed by atoms with van der Waals surface area (Å²) < 4.78 is 5.50. The Morgan fingerprint density at radius 3 is 3.00 bits per heavy atom. The molecule has 3 aromatic rings. The molecule has 1 aliphatic rings. The number of hydrogen-bond acceptors (Lipinski definition) is 5. The zero-order chi connectivity index (χ0) is 14.4. The van der Waals surface area contributed by atoms with E-state index in [-0.39, 0.29) is 0 Å². The lowest BCUT2D eigenvalue weighted by molar-refractivity contribution is 0.500. The van der Waals surface area contributed by atoms with Crippen molar-refractivity contribution in [1.29, 1.82) is 0 Å². The molecular weight excluding hydrogens is 306 g/mol. The molecule has 0 bridgehead atoms. The van der Waals surface area contributed by atoms with Gasteiger partial charge in [-0.25, -0.2) is 4.98 Å². The van der Waals surface area contributed by atoms with Gasteiger partial charge in [0.05, 0.1) is 18.2 Å². The Kier molecular flexibility index (Phi) is 3.12. The minimum atomic E-state index is 0.310. The predicted molar refractivity (Wildman–Crippen MR) is 85.1 cm³/mol. The van der Waals surface area contributed by atoms with E-state index in [4.69, 9.17) is 16.0 Å². The first-order chi connectivity index (χ1) is 10.2. The molecule has 0 aliphatic heterocycles. The van der Waals surface area contributed by atoms with Gasteiger partial charge in [-0.05, 0) is 49.6 Å². The summed E-state index contributed by atoms with van der Waals surface area (Å²) in [6.07, 6.45) is 4.08. The smallest absolute Gasteiger partial charge is 0.225 e. The van der Waals surface area contributed by atoms with Crippen molar-refractivity contribution in [3.05, 3.63) is 40.4 Å². The molecule has 0 spiro atoms. The van der Waals surface area contributed by atoms with Gasteiger partial charge in [-0.3, -0.25) is 0 Å². The number of aryl methyl sites for hydroxylation is 1. The van der Waals surface area contributed by atoms with E-state index in [1.54, 1.807) is 17.6 Å². The number of furan rings is 1. The third kappa shape index (κ3) is 2.51. The maximum absolute atomic E-state index is 6.12. The van der Waals surface area contributed by atoms with Gasteiger partial charge in [0, 0.05) is 10.9 Å². The summed E-state index contributed by atoms with van der Waals surface area (Å²) in [5.74, 6) is 1.87. The maximum Gasteiger partial charge on any atom is 0.225 e. The van der Waals surface area contributed by atoms with Crippen molar-refractivity contribution in [2.75, 3.05) is 4.90 Å². The fraction of sp³-hybridized carbons (Fsp3) is 0.333. The van der Waals surface area contributed by atoms with Crippen LogP contribution in [0.5, 0.6) is 0 Å². The van der Waals surface area contributed by atoms with Crippen LogP contribution in [0.3, 0.4) is 0 Å². The fourth-order valence-electron chi connectivity index (χ4n) is 2.55. The molecule has 0 saturated heterocycles. The second kappa shape index (κ2) is 5.00. The number of aromatic nitrogens is 2. The van der Waals surface area contributed by atoms with Crippen molar-refractivity contribution in [3.8, 4) is 0 Å². The SMILES string of the molecule is Cc1cc2c(N(Cc3ccco3)C3CC3)nc(Cl)nc2s1. The van der Waals surface area contributed by atoms with Crippen molar-refractivity contribution >= 4 is 39.0 Å². The molecule has 1 aliphatic carbocycles. The van der Waals surface area contributed by atoms with Crippen molar-refractivity contribution in [2.24, 2.45) is 0 Å².